The van der Waals surface area contributed by atoms with Crippen molar-refractivity contribution in [2.24, 2.45) is 0 Å². The molecule has 2 atom stereocenters. The first-order chi connectivity index (χ1) is 19.8. The zero-order valence-corrected chi connectivity index (χ0v) is 25.5. The van der Waals surface area contributed by atoms with Gasteiger partial charge < -0.3 is 13.8 Å². The average molecular weight is 591 g/mol. The lowest BCUT2D eigenvalue weighted by Gasteiger charge is -2.23. The number of rotatable bonds is 23. The number of unbranched alkanes of at least 4 members (excludes halogenated alkanes) is 13. The smallest absolute Gasteiger partial charge is 0.465 e. The number of carbonyl (C=O) groups excluding carboxylic acids is 1. The molecule has 2 unspecified atom stereocenters. The minimum Gasteiger partial charge on any atom is -0.465 e. The second-order valence-electron chi connectivity index (χ2n) is 10.4. The van der Waals surface area contributed by atoms with E-state index in [1.165, 1.54) is 102 Å². The molecule has 0 heterocycles. The van der Waals surface area contributed by atoms with Crippen molar-refractivity contribution in [3.8, 4) is 11.5 Å². The molecule has 0 aromatic heterocycles. The molecule has 2 aromatic carbocycles. The van der Waals surface area contributed by atoms with Gasteiger partial charge in [-0.25, -0.2) is 4.57 Å². The highest BCUT2D eigenvalue weighted by Gasteiger charge is 2.34. The molecule has 1 N–H and O–H groups in total. The van der Waals surface area contributed by atoms with Gasteiger partial charge in [0.05, 0.1) is 11.5 Å². The van der Waals surface area contributed by atoms with Crippen LogP contribution in [0, 0.1) is 10.1 Å². The molecular weight excluding hydrogens is 543 g/mol. The molecule has 0 fully saturated rings. The molecule has 9 nitrogen and oxygen atoms in total. The van der Waals surface area contributed by atoms with Crippen molar-refractivity contribution >= 4 is 19.4 Å². The Balaban J connectivity index is 1.69. The number of non-ortho nitro benzene ring substituents is 1. The van der Waals surface area contributed by atoms with Gasteiger partial charge in [0.2, 0.25) is 0 Å². The zero-order chi connectivity index (χ0) is 29.8. The lowest BCUT2D eigenvalue weighted by Crippen LogP contribution is -2.36. The number of para-hydroxylation sites is 1. The first kappa shape index (κ1) is 34.3. The molecule has 0 bridgehead atoms. The Kier molecular flexibility index (Phi) is 16.8. The van der Waals surface area contributed by atoms with E-state index in [1.54, 1.807) is 30.3 Å². The summed E-state index contributed by atoms with van der Waals surface area (Å²) < 4.78 is 30.2. The highest BCUT2D eigenvalue weighted by Crippen LogP contribution is 2.45. The predicted molar refractivity (Wildman–Crippen MR) is 162 cm³/mol. The Morgan fingerprint density at radius 1 is 0.780 bits per heavy atom. The lowest BCUT2D eigenvalue weighted by atomic mass is 10.0. The first-order valence-electron chi connectivity index (χ1n) is 15.1. The van der Waals surface area contributed by atoms with Gasteiger partial charge in [-0.1, -0.05) is 109 Å². The van der Waals surface area contributed by atoms with Crippen LogP contribution in [0.1, 0.15) is 104 Å². The molecule has 0 aliphatic heterocycles. The number of nitro benzene ring substituents is 1. The summed E-state index contributed by atoms with van der Waals surface area (Å²) in [5, 5.41) is 13.6. The van der Waals surface area contributed by atoms with Gasteiger partial charge in [0, 0.05) is 12.1 Å². The summed E-state index contributed by atoms with van der Waals surface area (Å²) in [5.74, 6) is -0.206. The van der Waals surface area contributed by atoms with Gasteiger partial charge in [-0.3, -0.25) is 14.9 Å². The minimum absolute atomic E-state index is 0.0883. The van der Waals surface area contributed by atoms with Gasteiger partial charge in [0.15, 0.2) is 0 Å². The maximum absolute atomic E-state index is 13.6. The fraction of sp³-hybridized carbons (Fsp3) is 0.581. The fourth-order valence-electron chi connectivity index (χ4n) is 4.34. The quantitative estimate of drug-likeness (QED) is 0.0447. The molecule has 0 aliphatic carbocycles. The summed E-state index contributed by atoms with van der Waals surface area (Å²) in [4.78, 5) is 23.0. The molecule has 0 amide bonds. The second-order valence-corrected chi connectivity index (χ2v) is 12.0. The molecule has 2 aromatic rings. The molecule has 228 valence electrons. The van der Waals surface area contributed by atoms with E-state index in [2.05, 4.69) is 12.0 Å². The summed E-state index contributed by atoms with van der Waals surface area (Å²) in [6.45, 7) is 4.06. The van der Waals surface area contributed by atoms with Crippen molar-refractivity contribution in [2.45, 2.75) is 110 Å². The molecule has 0 radical (unpaired) electrons. The van der Waals surface area contributed by atoms with Crippen LogP contribution in [0.4, 0.5) is 5.69 Å². The van der Waals surface area contributed by atoms with E-state index < -0.39 is 24.7 Å². The largest absolute Gasteiger partial charge is 0.513 e. The summed E-state index contributed by atoms with van der Waals surface area (Å²) >= 11 is 0. The van der Waals surface area contributed by atoms with Crippen LogP contribution < -0.4 is 14.1 Å². The normalized spacial score (nSPS) is 13.2. The highest BCUT2D eigenvalue weighted by molar-refractivity contribution is 7.52. The van der Waals surface area contributed by atoms with Crippen LogP contribution in [0.3, 0.4) is 0 Å². The molecule has 2 rings (SSSR count). The Labute approximate surface area is 245 Å². The van der Waals surface area contributed by atoms with E-state index in [9.17, 15) is 19.5 Å². The van der Waals surface area contributed by atoms with Gasteiger partial charge >= 0.3 is 13.7 Å². The fourth-order valence-corrected chi connectivity index (χ4v) is 5.86. The van der Waals surface area contributed by atoms with E-state index in [0.29, 0.717) is 0 Å². The van der Waals surface area contributed by atoms with Crippen molar-refractivity contribution < 1.29 is 28.1 Å². The van der Waals surface area contributed by atoms with Gasteiger partial charge in [-0.05, 0) is 37.6 Å². The number of nitro groups is 1. The van der Waals surface area contributed by atoms with Crippen LogP contribution in [0.5, 0.6) is 11.5 Å². The Bertz CT molecular complexity index is 1050. The number of hydrogen-bond acceptors (Lipinski definition) is 7. The third kappa shape index (κ3) is 15.1. The maximum Gasteiger partial charge on any atom is 0.513 e. The maximum atomic E-state index is 13.6. The number of benzene rings is 2. The Hall–Kier alpha value is -2.90. The van der Waals surface area contributed by atoms with Crippen LogP contribution in [-0.4, -0.2) is 23.5 Å². The van der Waals surface area contributed by atoms with E-state index in [0.717, 1.165) is 19.3 Å². The van der Waals surface area contributed by atoms with Gasteiger partial charge in [0.1, 0.15) is 17.5 Å². The van der Waals surface area contributed by atoms with E-state index in [1.807, 2.05) is 0 Å². The number of esters is 1. The van der Waals surface area contributed by atoms with Crippen LogP contribution in [-0.2, 0) is 14.1 Å². The predicted octanol–water partition coefficient (Wildman–Crippen LogP) is 9.16. The molecule has 0 saturated carbocycles. The molecule has 0 aliphatic rings. The van der Waals surface area contributed by atoms with Crippen molar-refractivity contribution in [1.82, 2.24) is 5.09 Å². The number of carbonyl (C=O) groups is 1. The van der Waals surface area contributed by atoms with Crippen LogP contribution in [0.15, 0.2) is 54.6 Å². The van der Waals surface area contributed by atoms with Gasteiger partial charge in [-0.15, -0.1) is 0 Å². The van der Waals surface area contributed by atoms with Crippen molar-refractivity contribution in [2.75, 3.05) is 6.61 Å². The van der Waals surface area contributed by atoms with Crippen molar-refractivity contribution in [1.29, 1.82) is 0 Å². The Morgan fingerprint density at radius 3 is 1.73 bits per heavy atom. The third-order valence-electron chi connectivity index (χ3n) is 6.69. The second kappa shape index (κ2) is 20.1. The SMILES string of the molecule is CCCCCCCCCCCCCCCCOC(=O)C(C)NP(=O)(Oc1ccccc1)Oc1ccc([N+](=O)[O-])cc1. The number of ether oxygens (including phenoxy) is 1. The lowest BCUT2D eigenvalue weighted by molar-refractivity contribution is -0.384. The van der Waals surface area contributed by atoms with Gasteiger partial charge in [0.25, 0.3) is 5.69 Å². The third-order valence-corrected chi connectivity index (χ3v) is 8.30. The topological polar surface area (TPSA) is 117 Å². The molecule has 0 saturated heterocycles. The van der Waals surface area contributed by atoms with Crippen molar-refractivity contribution in [3.05, 3.63) is 64.7 Å². The Morgan fingerprint density at radius 2 is 1.24 bits per heavy atom. The average Bonchev–Trinajstić information content (AvgIpc) is 2.95. The molecule has 41 heavy (non-hydrogen) atoms. The molecule has 10 heteroatoms. The van der Waals surface area contributed by atoms with Crippen LogP contribution >= 0.6 is 7.75 Å². The minimum atomic E-state index is -4.11. The van der Waals surface area contributed by atoms with E-state index in [-0.39, 0.29) is 23.8 Å². The summed E-state index contributed by atoms with van der Waals surface area (Å²) in [5.41, 5.74) is -0.135. The highest BCUT2D eigenvalue weighted by atomic mass is 31.2. The monoisotopic (exact) mass is 590 g/mol. The number of nitrogens with one attached hydrogen (secondary N) is 1. The molecular formula is C31H47N2O7P. The van der Waals surface area contributed by atoms with E-state index >= 15 is 0 Å². The van der Waals surface area contributed by atoms with Crippen LogP contribution in [0.25, 0.3) is 0 Å². The van der Waals surface area contributed by atoms with Crippen LogP contribution in [0.2, 0.25) is 0 Å². The zero-order valence-electron chi connectivity index (χ0n) is 24.6. The number of hydrogen-bond donors (Lipinski definition) is 1. The number of nitrogens with zero attached hydrogens (tertiary/aromatic N) is 1. The first-order valence-corrected chi connectivity index (χ1v) is 16.6. The summed E-state index contributed by atoms with van der Waals surface area (Å²) in [6, 6.07) is 12.5. The molecule has 0 spiro atoms. The van der Waals surface area contributed by atoms with E-state index in [4.69, 9.17) is 13.8 Å². The van der Waals surface area contributed by atoms with Crippen molar-refractivity contribution in [3.63, 3.8) is 0 Å². The van der Waals surface area contributed by atoms with Gasteiger partial charge in [-0.2, -0.15) is 5.09 Å². The summed E-state index contributed by atoms with van der Waals surface area (Å²) in [7, 11) is -4.11. The standard InChI is InChI=1S/C31H47N2O7P/c1-3-4-5-6-7-8-9-10-11-12-13-14-15-19-26-38-31(34)27(2)32-41(37,39-29-20-17-16-18-21-29)40-30-24-22-28(23-25-30)33(35)36/h16-18,20-25,27H,3-15,19,26H2,1-2H3,(H,32,37). The summed E-state index contributed by atoms with van der Waals surface area (Å²) in [6.07, 6.45) is 17.4.